The van der Waals surface area contributed by atoms with Crippen LogP contribution in [0.1, 0.15) is 64.0 Å². The van der Waals surface area contributed by atoms with Crippen LogP contribution in [0.2, 0.25) is 5.02 Å². The number of nitrogens with zero attached hydrogens (tertiary/aromatic N) is 3. The number of halogens is 1. The zero-order valence-corrected chi connectivity index (χ0v) is 19.5. The highest BCUT2D eigenvalue weighted by atomic mass is 35.5. The number of nitriles is 1. The van der Waals surface area contributed by atoms with Crippen molar-refractivity contribution in [3.8, 4) is 6.07 Å². The lowest BCUT2D eigenvalue weighted by Gasteiger charge is -2.32. The second-order valence-corrected chi connectivity index (χ2v) is 10.1. The van der Waals surface area contributed by atoms with Crippen LogP contribution in [0.25, 0.3) is 10.9 Å². The van der Waals surface area contributed by atoms with Gasteiger partial charge in [-0.25, -0.2) is 0 Å². The van der Waals surface area contributed by atoms with E-state index in [4.69, 9.17) is 11.6 Å². The Morgan fingerprint density at radius 1 is 1.32 bits per heavy atom. The number of hydrogen-bond acceptors (Lipinski definition) is 5. The fraction of sp³-hybridized carbons (Fsp3) is 0.458. The van der Waals surface area contributed by atoms with Crippen LogP contribution in [-0.4, -0.2) is 8.94 Å². The van der Waals surface area contributed by atoms with Gasteiger partial charge in [0, 0.05) is 11.6 Å². The molecule has 0 amide bonds. The van der Waals surface area contributed by atoms with Gasteiger partial charge in [0.15, 0.2) is 5.56 Å². The molecular formula is C24H27ClN4OS. The van der Waals surface area contributed by atoms with Crippen LogP contribution < -0.4 is 10.9 Å². The molecule has 1 saturated carbocycles. The smallest absolute Gasteiger partial charge is 0.281 e. The van der Waals surface area contributed by atoms with E-state index in [0.717, 1.165) is 43.0 Å². The third-order valence-electron chi connectivity index (χ3n) is 6.20. The summed E-state index contributed by atoms with van der Waals surface area (Å²) in [6.07, 6.45) is 8.50. The molecule has 2 heterocycles. The lowest BCUT2D eigenvalue weighted by molar-refractivity contribution is 0.223. The number of nitrogens with one attached hydrogen (secondary N) is 1. The van der Waals surface area contributed by atoms with Crippen molar-refractivity contribution in [3.63, 3.8) is 0 Å². The van der Waals surface area contributed by atoms with E-state index in [9.17, 15) is 10.1 Å². The predicted molar refractivity (Wildman–Crippen MR) is 128 cm³/mol. The molecule has 0 spiro atoms. The number of fused-ring (bicyclic) bond motifs is 1. The van der Waals surface area contributed by atoms with Gasteiger partial charge in [-0.1, -0.05) is 44.7 Å². The van der Waals surface area contributed by atoms with Gasteiger partial charge in [0.05, 0.1) is 22.3 Å². The molecule has 2 atom stereocenters. The van der Waals surface area contributed by atoms with Gasteiger partial charge >= 0.3 is 0 Å². The summed E-state index contributed by atoms with van der Waals surface area (Å²) >= 11 is 7.84. The van der Waals surface area contributed by atoms with Crippen LogP contribution in [-0.2, 0) is 0 Å². The van der Waals surface area contributed by atoms with Crippen LogP contribution in [0.5, 0.6) is 0 Å². The third kappa shape index (κ3) is 4.49. The first kappa shape index (κ1) is 21.9. The Kier molecular flexibility index (Phi) is 6.64. The Labute approximate surface area is 191 Å². The molecule has 5 nitrogen and oxygen atoms in total. The van der Waals surface area contributed by atoms with Crippen LogP contribution in [0.3, 0.4) is 0 Å². The Bertz CT molecular complexity index is 1180. The zero-order chi connectivity index (χ0) is 22.0. The minimum Gasteiger partial charge on any atom is -0.343 e. The molecule has 3 aromatic rings. The summed E-state index contributed by atoms with van der Waals surface area (Å²) in [5, 5.41) is 15.0. The molecular weight excluding hydrogens is 428 g/mol. The molecule has 0 radical (unpaired) electrons. The molecule has 1 N–H and O–H groups in total. The van der Waals surface area contributed by atoms with E-state index in [1.807, 2.05) is 22.2 Å². The quantitative estimate of drug-likeness (QED) is 0.440. The third-order valence-corrected chi connectivity index (χ3v) is 7.64. The van der Waals surface area contributed by atoms with E-state index >= 15 is 0 Å². The van der Waals surface area contributed by atoms with Crippen molar-refractivity contribution in [2.75, 3.05) is 5.32 Å². The molecule has 4 rings (SSSR count). The minimum absolute atomic E-state index is 0.162. The van der Waals surface area contributed by atoms with Crippen molar-refractivity contribution < 1.29 is 0 Å². The van der Waals surface area contributed by atoms with Crippen molar-refractivity contribution in [3.05, 3.63) is 51.4 Å². The highest BCUT2D eigenvalue weighted by Crippen LogP contribution is 2.40. The van der Waals surface area contributed by atoms with Crippen LogP contribution in [0.15, 0.2) is 35.3 Å². The van der Waals surface area contributed by atoms with Gasteiger partial charge in [-0.2, -0.15) is 5.26 Å². The second kappa shape index (κ2) is 9.42. The van der Waals surface area contributed by atoms with Gasteiger partial charge in [-0.15, -0.1) is 0 Å². The molecule has 1 fully saturated rings. The van der Waals surface area contributed by atoms with Gasteiger partial charge in [-0.05, 0) is 66.9 Å². The number of rotatable bonds is 6. The first-order chi connectivity index (χ1) is 15.0. The molecule has 0 bridgehead atoms. The van der Waals surface area contributed by atoms with Crippen molar-refractivity contribution in [2.24, 2.45) is 11.8 Å². The van der Waals surface area contributed by atoms with Gasteiger partial charge in [0.1, 0.15) is 11.1 Å². The number of pyridine rings is 1. The van der Waals surface area contributed by atoms with Crippen molar-refractivity contribution in [2.45, 2.75) is 58.4 Å². The van der Waals surface area contributed by atoms with Gasteiger partial charge in [0.25, 0.3) is 5.56 Å². The summed E-state index contributed by atoms with van der Waals surface area (Å²) < 4.78 is 1.85. The average Bonchev–Trinajstić information content (AvgIpc) is 3.09. The largest absolute Gasteiger partial charge is 0.343 e. The van der Waals surface area contributed by atoms with E-state index in [1.54, 1.807) is 12.3 Å². The summed E-state index contributed by atoms with van der Waals surface area (Å²) in [7, 11) is 0. The van der Waals surface area contributed by atoms with Crippen molar-refractivity contribution in [1.29, 1.82) is 5.26 Å². The first-order valence-corrected chi connectivity index (χ1v) is 12.1. The molecule has 31 heavy (non-hydrogen) atoms. The number of anilines is 2. The molecule has 0 aliphatic heterocycles. The molecule has 7 heteroatoms. The van der Waals surface area contributed by atoms with E-state index in [0.29, 0.717) is 27.5 Å². The normalized spacial score (nSPS) is 18.9. The average molecular weight is 455 g/mol. The molecule has 162 valence electrons. The summed E-state index contributed by atoms with van der Waals surface area (Å²) in [6, 6.07) is 9.73. The monoisotopic (exact) mass is 454 g/mol. The van der Waals surface area contributed by atoms with Gasteiger partial charge in [0.2, 0.25) is 0 Å². The second-order valence-electron chi connectivity index (χ2n) is 8.74. The lowest BCUT2D eigenvalue weighted by Crippen LogP contribution is -2.29. The predicted octanol–water partition coefficient (Wildman–Crippen LogP) is 6.89. The van der Waals surface area contributed by atoms with Crippen LogP contribution >= 0.6 is 23.1 Å². The molecule has 1 aromatic carbocycles. The SMILES string of the molecule is CC(C)CC[C@@H]1CCCCC1n1sc(Nc2c(Cl)ccc3ncccc23)c(C#N)c1=O. The zero-order valence-electron chi connectivity index (χ0n) is 17.9. The van der Waals surface area contributed by atoms with Crippen molar-refractivity contribution in [1.82, 2.24) is 8.94 Å². The van der Waals surface area contributed by atoms with E-state index in [-0.39, 0.29) is 17.2 Å². The molecule has 1 aliphatic rings. The topological polar surface area (TPSA) is 70.7 Å². The molecule has 0 saturated heterocycles. The number of benzene rings is 1. The highest BCUT2D eigenvalue weighted by Gasteiger charge is 2.30. The Balaban J connectivity index is 1.72. The lowest BCUT2D eigenvalue weighted by atomic mass is 9.81. The Morgan fingerprint density at radius 3 is 2.90 bits per heavy atom. The molecule has 1 aliphatic carbocycles. The van der Waals surface area contributed by atoms with E-state index < -0.39 is 0 Å². The maximum Gasteiger partial charge on any atom is 0.281 e. The van der Waals surface area contributed by atoms with Crippen molar-refractivity contribution >= 4 is 44.7 Å². The maximum atomic E-state index is 13.2. The van der Waals surface area contributed by atoms with E-state index in [1.165, 1.54) is 18.0 Å². The minimum atomic E-state index is -0.189. The Hall–Kier alpha value is -2.36. The number of hydrogen-bond donors (Lipinski definition) is 1. The van der Waals surface area contributed by atoms with Crippen LogP contribution in [0.4, 0.5) is 10.7 Å². The fourth-order valence-electron chi connectivity index (χ4n) is 4.54. The summed E-state index contributed by atoms with van der Waals surface area (Å²) in [5.74, 6) is 1.13. The van der Waals surface area contributed by atoms with Gasteiger partial charge in [-0.3, -0.25) is 13.7 Å². The number of aromatic nitrogens is 2. The summed E-state index contributed by atoms with van der Waals surface area (Å²) in [6.45, 7) is 4.49. The first-order valence-electron chi connectivity index (χ1n) is 11.0. The highest BCUT2D eigenvalue weighted by molar-refractivity contribution is 7.11. The maximum absolute atomic E-state index is 13.2. The van der Waals surface area contributed by atoms with Crippen LogP contribution in [0, 0.1) is 23.2 Å². The Morgan fingerprint density at radius 2 is 2.13 bits per heavy atom. The fourth-order valence-corrected chi connectivity index (χ4v) is 5.91. The molecule has 1 unspecified atom stereocenters. The molecule has 2 aromatic heterocycles. The van der Waals surface area contributed by atoms with Gasteiger partial charge < -0.3 is 5.32 Å². The summed E-state index contributed by atoms with van der Waals surface area (Å²) in [5.41, 5.74) is 1.46. The summed E-state index contributed by atoms with van der Waals surface area (Å²) in [4.78, 5) is 17.6. The van der Waals surface area contributed by atoms with E-state index in [2.05, 4.69) is 30.2 Å². The standard InChI is InChI=1S/C24H27ClN4OS/c1-15(2)9-10-16-6-3-4-8-21(16)29-24(30)18(14-26)23(31-29)28-22-17-7-5-13-27-20(17)12-11-19(22)25/h5,7,11-13,15-16,21,28H,3-4,6,8-10H2,1-2H3/t16-,21?/m0/s1.